The number of aromatic nitrogens is 1. The highest BCUT2D eigenvalue weighted by molar-refractivity contribution is 5.81. The standard InChI is InChI=1S/C19H24FN3O2/c1-22(13-18(24)25)17-5-3-8-23(9-6-17)12-15-11-16(20)10-14-4-2-7-21-19(14)15/h2,4,7,10-11,17H,3,5-6,8-9,12-13H2,1H3,(H,24,25)/t17-/m0/s1. The average Bonchev–Trinajstić information content (AvgIpc) is 2.80. The summed E-state index contributed by atoms with van der Waals surface area (Å²) in [5.74, 6) is -1.02. The van der Waals surface area contributed by atoms with Gasteiger partial charge in [-0.15, -0.1) is 0 Å². The van der Waals surface area contributed by atoms with Gasteiger partial charge in [0, 0.05) is 24.2 Å². The number of likely N-dealkylation sites (N-methyl/N-ethyl adjacent to an activating group) is 1. The van der Waals surface area contributed by atoms with Crippen LogP contribution in [0.25, 0.3) is 10.9 Å². The van der Waals surface area contributed by atoms with E-state index >= 15 is 0 Å². The number of likely N-dealkylation sites (tertiary alicyclic amines) is 1. The molecule has 0 saturated carbocycles. The molecular formula is C19H24FN3O2. The van der Waals surface area contributed by atoms with Gasteiger partial charge in [-0.1, -0.05) is 6.07 Å². The summed E-state index contributed by atoms with van der Waals surface area (Å²) in [6.45, 7) is 2.55. The van der Waals surface area contributed by atoms with Crippen LogP contribution in [0.4, 0.5) is 4.39 Å². The molecule has 5 nitrogen and oxygen atoms in total. The van der Waals surface area contributed by atoms with Crippen molar-refractivity contribution in [2.45, 2.75) is 31.8 Å². The van der Waals surface area contributed by atoms with Crippen LogP contribution < -0.4 is 0 Å². The first kappa shape index (κ1) is 17.8. The first-order valence-corrected chi connectivity index (χ1v) is 8.70. The fraction of sp³-hybridized carbons (Fsp3) is 0.474. The third-order valence-corrected chi connectivity index (χ3v) is 4.94. The van der Waals surface area contributed by atoms with Gasteiger partial charge in [0.1, 0.15) is 5.82 Å². The number of aliphatic carboxylic acids is 1. The Hall–Kier alpha value is -2.05. The topological polar surface area (TPSA) is 56.7 Å². The zero-order valence-corrected chi connectivity index (χ0v) is 14.5. The van der Waals surface area contributed by atoms with E-state index in [1.165, 1.54) is 6.07 Å². The van der Waals surface area contributed by atoms with Crippen LogP contribution >= 0.6 is 0 Å². The van der Waals surface area contributed by atoms with E-state index in [2.05, 4.69) is 9.88 Å². The second kappa shape index (κ2) is 7.89. The maximum Gasteiger partial charge on any atom is 0.317 e. The summed E-state index contributed by atoms with van der Waals surface area (Å²) in [6.07, 6.45) is 4.66. The van der Waals surface area contributed by atoms with Crippen molar-refractivity contribution >= 4 is 16.9 Å². The zero-order valence-electron chi connectivity index (χ0n) is 14.5. The summed E-state index contributed by atoms with van der Waals surface area (Å²) in [5, 5.41) is 9.79. The number of rotatable bonds is 5. The van der Waals surface area contributed by atoms with Crippen LogP contribution in [0.5, 0.6) is 0 Å². The number of fused-ring (bicyclic) bond motifs is 1. The fourth-order valence-corrected chi connectivity index (χ4v) is 3.67. The minimum atomic E-state index is -0.791. The number of carboxylic acid groups (broad SMARTS) is 1. The quantitative estimate of drug-likeness (QED) is 0.903. The number of pyridine rings is 1. The molecule has 0 spiro atoms. The second-order valence-electron chi connectivity index (χ2n) is 6.81. The van der Waals surface area contributed by atoms with Crippen LogP contribution in [0.1, 0.15) is 24.8 Å². The van der Waals surface area contributed by atoms with Crippen molar-refractivity contribution in [3.8, 4) is 0 Å². The Morgan fingerprint density at radius 1 is 1.40 bits per heavy atom. The first-order chi connectivity index (χ1) is 12.0. The third kappa shape index (κ3) is 4.52. The van der Waals surface area contributed by atoms with Gasteiger partial charge in [-0.25, -0.2) is 4.39 Å². The van der Waals surface area contributed by atoms with E-state index in [0.717, 1.165) is 48.8 Å². The van der Waals surface area contributed by atoms with E-state index in [9.17, 15) is 9.18 Å². The highest BCUT2D eigenvalue weighted by Crippen LogP contribution is 2.22. The first-order valence-electron chi connectivity index (χ1n) is 8.70. The SMILES string of the molecule is CN(CC(=O)O)[C@H]1CCCN(Cc2cc(F)cc3cccnc23)CC1. The predicted molar refractivity (Wildman–Crippen MR) is 94.9 cm³/mol. The molecule has 1 aromatic heterocycles. The van der Waals surface area contributed by atoms with Crippen molar-refractivity contribution in [2.24, 2.45) is 0 Å². The molecule has 1 aromatic carbocycles. The summed E-state index contributed by atoms with van der Waals surface area (Å²) in [6, 6.07) is 7.08. The summed E-state index contributed by atoms with van der Waals surface area (Å²) < 4.78 is 13.9. The van der Waals surface area contributed by atoms with Gasteiger partial charge < -0.3 is 5.11 Å². The number of carbonyl (C=O) groups is 1. The van der Waals surface area contributed by atoms with E-state index in [1.807, 2.05) is 24.1 Å². The molecular weight excluding hydrogens is 321 g/mol. The zero-order chi connectivity index (χ0) is 17.8. The van der Waals surface area contributed by atoms with E-state index in [-0.39, 0.29) is 18.4 Å². The monoisotopic (exact) mass is 345 g/mol. The summed E-state index contributed by atoms with van der Waals surface area (Å²) in [5.41, 5.74) is 1.76. The maximum absolute atomic E-state index is 13.9. The van der Waals surface area contributed by atoms with Crippen LogP contribution in [0, 0.1) is 5.82 Å². The molecule has 2 heterocycles. The molecule has 2 aromatic rings. The minimum Gasteiger partial charge on any atom is -0.480 e. The van der Waals surface area contributed by atoms with Crippen LogP contribution in [-0.4, -0.2) is 58.6 Å². The van der Waals surface area contributed by atoms with Crippen molar-refractivity contribution in [1.29, 1.82) is 0 Å². The van der Waals surface area contributed by atoms with Crippen LogP contribution in [-0.2, 0) is 11.3 Å². The smallest absolute Gasteiger partial charge is 0.317 e. The summed E-state index contributed by atoms with van der Waals surface area (Å²) >= 11 is 0. The molecule has 3 rings (SSSR count). The predicted octanol–water partition coefficient (Wildman–Crippen LogP) is 2.74. The second-order valence-corrected chi connectivity index (χ2v) is 6.81. The average molecular weight is 345 g/mol. The Morgan fingerprint density at radius 3 is 3.04 bits per heavy atom. The lowest BCUT2D eigenvalue weighted by molar-refractivity contribution is -0.138. The van der Waals surface area contributed by atoms with Gasteiger partial charge >= 0.3 is 5.97 Å². The largest absolute Gasteiger partial charge is 0.480 e. The van der Waals surface area contributed by atoms with Crippen molar-refractivity contribution < 1.29 is 14.3 Å². The molecule has 1 aliphatic heterocycles. The Morgan fingerprint density at radius 2 is 2.24 bits per heavy atom. The third-order valence-electron chi connectivity index (χ3n) is 4.94. The van der Waals surface area contributed by atoms with Crippen molar-refractivity contribution in [3.05, 3.63) is 41.8 Å². The van der Waals surface area contributed by atoms with E-state index in [1.54, 1.807) is 12.3 Å². The molecule has 6 heteroatoms. The van der Waals surface area contributed by atoms with E-state index < -0.39 is 5.97 Å². The summed E-state index contributed by atoms with van der Waals surface area (Å²) in [7, 11) is 1.87. The minimum absolute atomic E-state index is 0.0725. The van der Waals surface area contributed by atoms with Crippen LogP contribution in [0.2, 0.25) is 0 Å². The molecule has 0 bridgehead atoms. The molecule has 0 amide bonds. The van der Waals surface area contributed by atoms with Crippen LogP contribution in [0.15, 0.2) is 30.5 Å². The molecule has 0 radical (unpaired) electrons. The molecule has 1 saturated heterocycles. The van der Waals surface area contributed by atoms with Gasteiger partial charge in [0.2, 0.25) is 0 Å². The number of hydrogen-bond donors (Lipinski definition) is 1. The molecule has 1 fully saturated rings. The molecule has 1 N–H and O–H groups in total. The van der Waals surface area contributed by atoms with Gasteiger partial charge in [0.05, 0.1) is 12.1 Å². The van der Waals surface area contributed by atoms with Crippen molar-refractivity contribution in [3.63, 3.8) is 0 Å². The van der Waals surface area contributed by atoms with Gasteiger partial charge in [0.25, 0.3) is 0 Å². The molecule has 0 aliphatic carbocycles. The Kier molecular flexibility index (Phi) is 5.60. The van der Waals surface area contributed by atoms with Crippen molar-refractivity contribution in [1.82, 2.24) is 14.8 Å². The fourth-order valence-electron chi connectivity index (χ4n) is 3.67. The highest BCUT2D eigenvalue weighted by Gasteiger charge is 2.22. The lowest BCUT2D eigenvalue weighted by Crippen LogP contribution is -2.36. The van der Waals surface area contributed by atoms with Crippen molar-refractivity contribution in [2.75, 3.05) is 26.7 Å². The van der Waals surface area contributed by atoms with E-state index in [0.29, 0.717) is 6.54 Å². The Bertz CT molecular complexity index is 753. The van der Waals surface area contributed by atoms with Gasteiger partial charge in [-0.3, -0.25) is 19.6 Å². The highest BCUT2D eigenvalue weighted by atomic mass is 19.1. The number of halogens is 1. The van der Waals surface area contributed by atoms with Gasteiger partial charge in [-0.2, -0.15) is 0 Å². The molecule has 25 heavy (non-hydrogen) atoms. The number of nitrogens with zero attached hydrogens (tertiary/aromatic N) is 3. The maximum atomic E-state index is 13.9. The van der Waals surface area contributed by atoms with E-state index in [4.69, 9.17) is 5.11 Å². The molecule has 1 aliphatic rings. The normalized spacial score (nSPS) is 19.2. The Balaban J connectivity index is 1.69. The summed E-state index contributed by atoms with van der Waals surface area (Å²) in [4.78, 5) is 19.6. The van der Waals surface area contributed by atoms with Crippen LogP contribution in [0.3, 0.4) is 0 Å². The molecule has 1 atom stereocenters. The molecule has 134 valence electrons. The number of carboxylic acids is 1. The Labute approximate surface area is 147 Å². The molecule has 0 unspecified atom stereocenters. The van der Waals surface area contributed by atoms with Gasteiger partial charge in [0.15, 0.2) is 0 Å². The lowest BCUT2D eigenvalue weighted by Gasteiger charge is -2.25. The number of hydrogen-bond acceptors (Lipinski definition) is 4. The lowest BCUT2D eigenvalue weighted by atomic mass is 10.1. The van der Waals surface area contributed by atoms with Gasteiger partial charge in [-0.05, 0) is 63.2 Å². The number of benzene rings is 1.